The van der Waals surface area contributed by atoms with Crippen molar-refractivity contribution >= 4 is 22.5 Å². The van der Waals surface area contributed by atoms with Gasteiger partial charge in [0, 0.05) is 23.9 Å². The summed E-state index contributed by atoms with van der Waals surface area (Å²) in [6.07, 6.45) is 0. The normalized spacial score (nSPS) is 12.0. The number of benzene rings is 2. The highest BCUT2D eigenvalue weighted by molar-refractivity contribution is 5.94. The monoisotopic (exact) mass is 382 g/mol. The van der Waals surface area contributed by atoms with E-state index in [1.54, 1.807) is 42.5 Å². The number of aromatic nitrogens is 3. The Labute approximate surface area is 162 Å². The lowest BCUT2D eigenvalue weighted by atomic mass is 10.0. The van der Waals surface area contributed by atoms with Crippen molar-refractivity contribution in [3.63, 3.8) is 0 Å². The number of hydrogen-bond acceptors (Lipinski definition) is 6. The topological polar surface area (TPSA) is 95.3 Å². The zero-order valence-corrected chi connectivity index (χ0v) is 16.2. The number of nitrogens with one attached hydrogen (secondary N) is 1. The molecule has 0 unspecified atom stereocenters. The van der Waals surface area contributed by atoms with Crippen LogP contribution >= 0.6 is 0 Å². The third kappa shape index (κ3) is 3.80. The lowest BCUT2D eigenvalue weighted by molar-refractivity contribution is -0.120. The van der Waals surface area contributed by atoms with Crippen LogP contribution in [0.4, 0.5) is 5.69 Å². The molecule has 8 heteroatoms. The summed E-state index contributed by atoms with van der Waals surface area (Å²) in [5.41, 5.74) is 0.625. The molecule has 0 aliphatic carbocycles. The number of anilines is 1. The second kappa shape index (κ2) is 8.08. The zero-order valence-electron chi connectivity index (χ0n) is 16.2. The first-order chi connectivity index (χ1) is 13.4. The van der Waals surface area contributed by atoms with Crippen LogP contribution in [0, 0.1) is 5.92 Å². The fraction of sp³-hybridized carbons (Fsp3) is 0.300. The molecule has 28 heavy (non-hydrogen) atoms. The van der Waals surface area contributed by atoms with Crippen molar-refractivity contribution in [2.45, 2.75) is 19.9 Å². The van der Waals surface area contributed by atoms with Crippen molar-refractivity contribution in [2.24, 2.45) is 5.92 Å². The molecule has 146 valence electrons. The van der Waals surface area contributed by atoms with Gasteiger partial charge in [-0.1, -0.05) is 31.2 Å². The molecule has 0 bridgehead atoms. The number of rotatable bonds is 6. The summed E-state index contributed by atoms with van der Waals surface area (Å²) in [7, 11) is 3.06. The van der Waals surface area contributed by atoms with Gasteiger partial charge in [-0.05, 0) is 18.1 Å². The van der Waals surface area contributed by atoms with Crippen molar-refractivity contribution in [3.05, 3.63) is 52.8 Å². The average Bonchev–Trinajstić information content (AvgIpc) is 2.69. The largest absolute Gasteiger partial charge is 0.497 e. The molecule has 3 rings (SSSR count). The number of hydrogen-bond donors (Lipinski definition) is 1. The molecule has 1 aromatic heterocycles. The molecule has 8 nitrogen and oxygen atoms in total. The predicted molar refractivity (Wildman–Crippen MR) is 106 cm³/mol. The van der Waals surface area contributed by atoms with E-state index in [1.165, 1.54) is 14.2 Å². The third-order valence-electron chi connectivity index (χ3n) is 4.37. The van der Waals surface area contributed by atoms with Gasteiger partial charge in [-0.2, -0.15) is 4.68 Å². The summed E-state index contributed by atoms with van der Waals surface area (Å²) >= 11 is 0. The van der Waals surface area contributed by atoms with Gasteiger partial charge in [0.2, 0.25) is 5.91 Å². The maximum absolute atomic E-state index is 13.0. The van der Waals surface area contributed by atoms with Crippen LogP contribution in [-0.4, -0.2) is 35.1 Å². The van der Waals surface area contributed by atoms with Crippen molar-refractivity contribution in [3.8, 4) is 11.5 Å². The maximum Gasteiger partial charge on any atom is 0.278 e. The van der Waals surface area contributed by atoms with Crippen LogP contribution in [0.2, 0.25) is 0 Å². The summed E-state index contributed by atoms with van der Waals surface area (Å²) in [5.74, 6) is 0.509. The summed E-state index contributed by atoms with van der Waals surface area (Å²) in [4.78, 5) is 25.9. The van der Waals surface area contributed by atoms with E-state index in [0.29, 0.717) is 28.1 Å². The summed E-state index contributed by atoms with van der Waals surface area (Å²) in [6, 6.07) is 11.1. The van der Waals surface area contributed by atoms with E-state index < -0.39 is 6.04 Å². The Morgan fingerprint density at radius 2 is 1.71 bits per heavy atom. The molecule has 0 saturated heterocycles. The van der Waals surface area contributed by atoms with Gasteiger partial charge < -0.3 is 14.8 Å². The average molecular weight is 382 g/mol. The molecular weight excluding hydrogens is 360 g/mol. The van der Waals surface area contributed by atoms with E-state index in [2.05, 4.69) is 15.6 Å². The summed E-state index contributed by atoms with van der Waals surface area (Å²) in [6.45, 7) is 3.69. The van der Waals surface area contributed by atoms with Gasteiger partial charge in [-0.3, -0.25) is 9.59 Å². The second-order valence-corrected chi connectivity index (χ2v) is 6.64. The van der Waals surface area contributed by atoms with Crippen LogP contribution in [0.3, 0.4) is 0 Å². The second-order valence-electron chi connectivity index (χ2n) is 6.64. The number of nitrogens with zero attached hydrogens (tertiary/aromatic N) is 3. The van der Waals surface area contributed by atoms with Crippen LogP contribution in [-0.2, 0) is 4.79 Å². The van der Waals surface area contributed by atoms with Crippen molar-refractivity contribution in [1.29, 1.82) is 0 Å². The molecule has 0 fully saturated rings. The van der Waals surface area contributed by atoms with Gasteiger partial charge in [0.1, 0.15) is 23.1 Å². The van der Waals surface area contributed by atoms with Crippen molar-refractivity contribution in [2.75, 3.05) is 19.5 Å². The van der Waals surface area contributed by atoms with Gasteiger partial charge in [0.25, 0.3) is 5.56 Å². The molecule has 1 atom stereocenters. The highest BCUT2D eigenvalue weighted by atomic mass is 16.5. The Kier molecular flexibility index (Phi) is 5.58. The van der Waals surface area contributed by atoms with Crippen LogP contribution in [0.15, 0.2) is 47.3 Å². The lowest BCUT2D eigenvalue weighted by Gasteiger charge is -2.21. The van der Waals surface area contributed by atoms with Gasteiger partial charge >= 0.3 is 0 Å². The highest BCUT2D eigenvalue weighted by Crippen LogP contribution is 2.27. The van der Waals surface area contributed by atoms with Crippen LogP contribution in [0.25, 0.3) is 10.9 Å². The lowest BCUT2D eigenvalue weighted by Crippen LogP contribution is -2.38. The molecule has 1 N–H and O–H groups in total. The molecule has 1 heterocycles. The Bertz CT molecular complexity index is 1040. The van der Waals surface area contributed by atoms with Crippen LogP contribution in [0.5, 0.6) is 11.5 Å². The fourth-order valence-corrected chi connectivity index (χ4v) is 2.98. The third-order valence-corrected chi connectivity index (χ3v) is 4.37. The van der Waals surface area contributed by atoms with Gasteiger partial charge in [0.05, 0.1) is 19.6 Å². The van der Waals surface area contributed by atoms with Crippen LogP contribution < -0.4 is 20.3 Å². The standard InChI is InChI=1S/C20H22N4O4/c1-12(2)18(24-20(26)16-7-5-6-8-17(16)22-23-24)19(25)21-13-9-14(27-3)11-15(10-13)28-4/h5-12,18H,1-4H3,(H,21,25)/t18-/m0/s1. The molecule has 0 aliphatic rings. The smallest absolute Gasteiger partial charge is 0.278 e. The summed E-state index contributed by atoms with van der Waals surface area (Å²) in [5, 5.41) is 11.3. The maximum atomic E-state index is 13.0. The number of carbonyl (C=O) groups excluding carboxylic acids is 1. The first-order valence-electron chi connectivity index (χ1n) is 8.82. The van der Waals surface area contributed by atoms with E-state index in [4.69, 9.17) is 9.47 Å². The number of fused-ring (bicyclic) bond motifs is 1. The molecule has 3 aromatic rings. The molecule has 1 amide bonds. The number of ether oxygens (including phenoxy) is 2. The minimum Gasteiger partial charge on any atom is -0.497 e. The predicted octanol–water partition coefficient (Wildman–Crippen LogP) is 2.64. The quantitative estimate of drug-likeness (QED) is 0.704. The van der Waals surface area contributed by atoms with E-state index in [1.807, 2.05) is 13.8 Å². The molecule has 0 aliphatic heterocycles. The molecular formula is C20H22N4O4. The Morgan fingerprint density at radius 1 is 1.07 bits per heavy atom. The Hall–Kier alpha value is -3.42. The van der Waals surface area contributed by atoms with E-state index in [-0.39, 0.29) is 17.4 Å². The van der Waals surface area contributed by atoms with Crippen LogP contribution in [0.1, 0.15) is 19.9 Å². The van der Waals surface area contributed by atoms with E-state index in [0.717, 1.165) is 4.68 Å². The summed E-state index contributed by atoms with van der Waals surface area (Å²) < 4.78 is 11.6. The molecule has 0 spiro atoms. The number of carbonyl (C=O) groups is 1. The fourth-order valence-electron chi connectivity index (χ4n) is 2.98. The van der Waals surface area contributed by atoms with Gasteiger partial charge in [0.15, 0.2) is 0 Å². The van der Waals surface area contributed by atoms with Gasteiger partial charge in [-0.15, -0.1) is 5.10 Å². The number of methoxy groups -OCH3 is 2. The zero-order chi connectivity index (χ0) is 20.3. The SMILES string of the molecule is COc1cc(NC(=O)[C@H](C(C)C)n2nnc3ccccc3c2=O)cc(OC)c1. The number of amides is 1. The first kappa shape index (κ1) is 19.3. The van der Waals surface area contributed by atoms with Crippen molar-refractivity contribution in [1.82, 2.24) is 15.0 Å². The van der Waals surface area contributed by atoms with E-state index >= 15 is 0 Å². The van der Waals surface area contributed by atoms with E-state index in [9.17, 15) is 9.59 Å². The Balaban J connectivity index is 1.98. The molecule has 0 radical (unpaired) electrons. The first-order valence-corrected chi connectivity index (χ1v) is 8.82. The molecule has 0 saturated carbocycles. The molecule has 2 aromatic carbocycles. The minimum absolute atomic E-state index is 0.194. The van der Waals surface area contributed by atoms with Crippen molar-refractivity contribution < 1.29 is 14.3 Å². The van der Waals surface area contributed by atoms with Gasteiger partial charge in [-0.25, -0.2) is 0 Å². The highest BCUT2D eigenvalue weighted by Gasteiger charge is 2.27. The minimum atomic E-state index is -0.832. The Morgan fingerprint density at radius 3 is 2.32 bits per heavy atom.